The molecule has 1 fully saturated rings. The molecule has 0 spiro atoms. The Morgan fingerprint density at radius 2 is 1.95 bits per heavy atom. The molecule has 0 radical (unpaired) electrons. The van der Waals surface area contributed by atoms with Crippen LogP contribution in [0.5, 0.6) is 5.75 Å². The fourth-order valence-corrected chi connectivity index (χ4v) is 2.87. The number of nitrogens with zero attached hydrogens (tertiary/aromatic N) is 1. The van der Waals surface area contributed by atoms with Crippen LogP contribution >= 0.6 is 0 Å². The molecule has 2 atom stereocenters. The van der Waals surface area contributed by atoms with E-state index < -0.39 is 5.60 Å². The molecule has 1 aliphatic rings. The maximum atomic E-state index is 12.3. The number of rotatable bonds is 3. The standard InChI is InChI=1S/C17H25NO4/c1-17(2,3)22-16(20)18-10-9-14(15(18)11-19)12-5-7-13(21-4)8-6-12/h5-8,14-15,19H,9-11H2,1-4H3/t14-,15+/m0/s1. The van der Waals surface area contributed by atoms with Gasteiger partial charge in [-0.2, -0.15) is 0 Å². The van der Waals surface area contributed by atoms with Gasteiger partial charge in [-0.15, -0.1) is 0 Å². The molecule has 1 amide bonds. The number of hydrogen-bond acceptors (Lipinski definition) is 4. The number of amides is 1. The van der Waals surface area contributed by atoms with Crippen molar-refractivity contribution in [3.05, 3.63) is 29.8 Å². The van der Waals surface area contributed by atoms with Gasteiger partial charge in [0.15, 0.2) is 0 Å². The molecule has 0 bridgehead atoms. The van der Waals surface area contributed by atoms with Crippen LogP contribution < -0.4 is 4.74 Å². The number of carbonyl (C=O) groups excluding carboxylic acids is 1. The summed E-state index contributed by atoms with van der Waals surface area (Å²) in [5.41, 5.74) is 0.570. The van der Waals surface area contributed by atoms with Crippen LogP contribution in [0, 0.1) is 0 Å². The third-order valence-electron chi connectivity index (χ3n) is 3.90. The molecule has 0 saturated carbocycles. The minimum atomic E-state index is -0.532. The van der Waals surface area contributed by atoms with Crippen LogP contribution in [-0.4, -0.2) is 48.0 Å². The molecular weight excluding hydrogens is 282 g/mol. The summed E-state index contributed by atoms with van der Waals surface area (Å²) >= 11 is 0. The Balaban J connectivity index is 2.13. The van der Waals surface area contributed by atoms with Gasteiger partial charge in [0.1, 0.15) is 11.4 Å². The Labute approximate surface area is 131 Å². The second-order valence-electron chi connectivity index (χ2n) is 6.59. The van der Waals surface area contributed by atoms with Gasteiger partial charge in [-0.25, -0.2) is 4.79 Å². The Morgan fingerprint density at radius 3 is 2.45 bits per heavy atom. The summed E-state index contributed by atoms with van der Waals surface area (Å²) in [5, 5.41) is 9.74. The first-order chi connectivity index (χ1) is 10.4. The monoisotopic (exact) mass is 307 g/mol. The van der Waals surface area contributed by atoms with Crippen molar-refractivity contribution >= 4 is 6.09 Å². The molecule has 1 aromatic carbocycles. The molecule has 0 aliphatic carbocycles. The molecule has 0 aromatic heterocycles. The van der Waals surface area contributed by atoms with Crippen molar-refractivity contribution in [3.8, 4) is 5.75 Å². The summed E-state index contributed by atoms with van der Waals surface area (Å²) in [6.45, 7) is 6.05. The van der Waals surface area contributed by atoms with Crippen LogP contribution in [0.25, 0.3) is 0 Å². The number of aliphatic hydroxyl groups excluding tert-OH is 1. The second kappa shape index (κ2) is 6.57. The fraction of sp³-hybridized carbons (Fsp3) is 0.588. The molecule has 1 aromatic rings. The second-order valence-corrected chi connectivity index (χ2v) is 6.59. The zero-order valence-corrected chi connectivity index (χ0v) is 13.7. The predicted octanol–water partition coefficient (Wildman–Crippen LogP) is 2.78. The summed E-state index contributed by atoms with van der Waals surface area (Å²) in [6.07, 6.45) is 0.458. The van der Waals surface area contributed by atoms with E-state index in [1.165, 1.54) is 0 Å². The van der Waals surface area contributed by atoms with Gasteiger partial charge in [0.05, 0.1) is 19.8 Å². The van der Waals surface area contributed by atoms with Gasteiger partial charge in [0, 0.05) is 12.5 Å². The lowest BCUT2D eigenvalue weighted by molar-refractivity contribution is 0.0165. The summed E-state index contributed by atoms with van der Waals surface area (Å²) < 4.78 is 10.6. The van der Waals surface area contributed by atoms with E-state index in [-0.39, 0.29) is 24.7 Å². The Morgan fingerprint density at radius 1 is 1.32 bits per heavy atom. The molecule has 1 N–H and O–H groups in total. The van der Waals surface area contributed by atoms with E-state index in [0.29, 0.717) is 6.54 Å². The summed E-state index contributed by atoms with van der Waals surface area (Å²) in [6, 6.07) is 7.54. The van der Waals surface area contributed by atoms with Crippen molar-refractivity contribution < 1.29 is 19.4 Å². The fourth-order valence-electron chi connectivity index (χ4n) is 2.87. The molecular formula is C17H25NO4. The number of methoxy groups -OCH3 is 1. The summed E-state index contributed by atoms with van der Waals surface area (Å²) in [4.78, 5) is 13.9. The van der Waals surface area contributed by atoms with Gasteiger partial charge in [-0.1, -0.05) is 12.1 Å². The Bertz CT molecular complexity index is 506. The molecule has 0 unspecified atom stereocenters. The first-order valence-corrected chi connectivity index (χ1v) is 7.60. The van der Waals surface area contributed by atoms with Gasteiger partial charge < -0.3 is 19.5 Å². The highest BCUT2D eigenvalue weighted by Gasteiger charge is 2.39. The van der Waals surface area contributed by atoms with Crippen molar-refractivity contribution in [1.29, 1.82) is 0 Å². The van der Waals surface area contributed by atoms with Crippen LogP contribution in [0.1, 0.15) is 38.7 Å². The number of ether oxygens (including phenoxy) is 2. The largest absolute Gasteiger partial charge is 0.497 e. The van der Waals surface area contributed by atoms with E-state index in [0.717, 1.165) is 17.7 Å². The van der Waals surface area contributed by atoms with Crippen LogP contribution in [0.2, 0.25) is 0 Å². The molecule has 1 aliphatic heterocycles. The van der Waals surface area contributed by atoms with Crippen molar-refractivity contribution in [1.82, 2.24) is 4.90 Å². The minimum Gasteiger partial charge on any atom is -0.497 e. The van der Waals surface area contributed by atoms with Crippen LogP contribution in [0.15, 0.2) is 24.3 Å². The quantitative estimate of drug-likeness (QED) is 0.933. The van der Waals surface area contributed by atoms with E-state index in [2.05, 4.69) is 0 Å². The number of hydrogen-bond donors (Lipinski definition) is 1. The predicted molar refractivity (Wildman–Crippen MR) is 84.2 cm³/mol. The van der Waals surface area contributed by atoms with E-state index in [1.807, 2.05) is 45.0 Å². The van der Waals surface area contributed by atoms with Crippen molar-refractivity contribution in [2.75, 3.05) is 20.3 Å². The lowest BCUT2D eigenvalue weighted by atomic mass is 9.92. The maximum Gasteiger partial charge on any atom is 0.410 e. The van der Waals surface area contributed by atoms with E-state index in [9.17, 15) is 9.90 Å². The zero-order chi connectivity index (χ0) is 16.3. The van der Waals surface area contributed by atoms with Crippen molar-refractivity contribution in [2.45, 2.75) is 44.8 Å². The summed E-state index contributed by atoms with van der Waals surface area (Å²) in [5.74, 6) is 0.912. The van der Waals surface area contributed by atoms with Gasteiger partial charge in [0.25, 0.3) is 0 Å². The molecule has 22 heavy (non-hydrogen) atoms. The molecule has 2 rings (SSSR count). The Hall–Kier alpha value is -1.75. The molecule has 5 nitrogen and oxygen atoms in total. The zero-order valence-electron chi connectivity index (χ0n) is 13.7. The molecule has 5 heteroatoms. The van der Waals surface area contributed by atoms with Crippen LogP contribution in [0.4, 0.5) is 4.79 Å². The third-order valence-corrected chi connectivity index (χ3v) is 3.90. The summed E-state index contributed by atoms with van der Waals surface area (Å²) in [7, 11) is 1.63. The van der Waals surface area contributed by atoms with Gasteiger partial charge in [-0.3, -0.25) is 0 Å². The third kappa shape index (κ3) is 3.71. The molecule has 1 saturated heterocycles. The highest BCUT2D eigenvalue weighted by atomic mass is 16.6. The Kier molecular flexibility index (Phi) is 4.96. The molecule has 1 heterocycles. The average Bonchev–Trinajstić information content (AvgIpc) is 2.89. The highest BCUT2D eigenvalue weighted by Crippen LogP contribution is 2.34. The lowest BCUT2D eigenvalue weighted by Gasteiger charge is -2.29. The van der Waals surface area contributed by atoms with Gasteiger partial charge >= 0.3 is 6.09 Å². The molecule has 122 valence electrons. The number of benzene rings is 1. The number of carbonyl (C=O) groups is 1. The maximum absolute atomic E-state index is 12.3. The SMILES string of the molecule is COc1ccc([C@@H]2CCN(C(=O)OC(C)(C)C)[C@@H]2CO)cc1. The van der Waals surface area contributed by atoms with E-state index in [1.54, 1.807) is 12.0 Å². The first-order valence-electron chi connectivity index (χ1n) is 7.60. The lowest BCUT2D eigenvalue weighted by Crippen LogP contribution is -2.42. The van der Waals surface area contributed by atoms with Crippen molar-refractivity contribution in [2.24, 2.45) is 0 Å². The topological polar surface area (TPSA) is 59.0 Å². The van der Waals surface area contributed by atoms with Crippen molar-refractivity contribution in [3.63, 3.8) is 0 Å². The van der Waals surface area contributed by atoms with Crippen LogP contribution in [0.3, 0.4) is 0 Å². The van der Waals surface area contributed by atoms with Gasteiger partial charge in [0.2, 0.25) is 0 Å². The van der Waals surface area contributed by atoms with E-state index >= 15 is 0 Å². The van der Waals surface area contributed by atoms with Gasteiger partial charge in [-0.05, 0) is 44.9 Å². The normalized spacial score (nSPS) is 21.8. The number of aliphatic hydroxyl groups is 1. The number of likely N-dealkylation sites (tertiary alicyclic amines) is 1. The highest BCUT2D eigenvalue weighted by molar-refractivity contribution is 5.69. The minimum absolute atomic E-state index is 0.0735. The van der Waals surface area contributed by atoms with Crippen LogP contribution in [-0.2, 0) is 4.74 Å². The average molecular weight is 307 g/mol. The first kappa shape index (κ1) is 16.6. The van der Waals surface area contributed by atoms with E-state index in [4.69, 9.17) is 9.47 Å². The smallest absolute Gasteiger partial charge is 0.410 e.